The number of ketones is 1. The summed E-state index contributed by atoms with van der Waals surface area (Å²) in [7, 11) is 0. The van der Waals surface area contributed by atoms with Crippen molar-refractivity contribution in [2.45, 2.75) is 0 Å². The quantitative estimate of drug-likeness (QED) is 0.582. The van der Waals surface area contributed by atoms with Crippen LogP contribution in [0.2, 0.25) is 0 Å². The summed E-state index contributed by atoms with van der Waals surface area (Å²) in [5, 5.41) is 2.09. The van der Waals surface area contributed by atoms with Crippen molar-refractivity contribution in [3.05, 3.63) is 90.4 Å². The van der Waals surface area contributed by atoms with Crippen LogP contribution in [-0.2, 0) is 0 Å². The predicted molar refractivity (Wildman–Crippen MR) is 78.9 cm³/mol. The first kappa shape index (κ1) is 11.7. The summed E-state index contributed by atoms with van der Waals surface area (Å²) in [5.41, 5.74) is 1.80. The molecule has 0 bridgehead atoms. The summed E-state index contributed by atoms with van der Waals surface area (Å²) in [6, 6.07) is 13.8. The lowest BCUT2D eigenvalue weighted by Gasteiger charge is -2.02. The number of hydrogen-bond acceptors (Lipinski definition) is 1. The van der Waals surface area contributed by atoms with Crippen molar-refractivity contribution in [3.63, 3.8) is 0 Å². The monoisotopic (exact) mass is 245 g/mol. The maximum atomic E-state index is 12.3. The number of rotatable bonds is 3. The molecular weight excluding hydrogens is 232 g/mol. The molecule has 0 atom stereocenters. The van der Waals surface area contributed by atoms with Gasteiger partial charge < -0.3 is 0 Å². The molecule has 0 aliphatic heterocycles. The SMILES string of the molecule is O=C(/C=C/C1=CC=C[CH]1)c1cccc2ccccc12. The Morgan fingerprint density at radius 1 is 0.947 bits per heavy atom. The second kappa shape index (κ2) is 5.07. The number of hydrogen-bond donors (Lipinski definition) is 0. The van der Waals surface area contributed by atoms with E-state index in [1.165, 1.54) is 0 Å². The summed E-state index contributed by atoms with van der Waals surface area (Å²) >= 11 is 0. The first-order valence-electron chi connectivity index (χ1n) is 6.26. The first-order chi connectivity index (χ1) is 9.34. The Morgan fingerprint density at radius 2 is 1.79 bits per heavy atom. The van der Waals surface area contributed by atoms with Gasteiger partial charge in [0, 0.05) is 12.0 Å². The van der Waals surface area contributed by atoms with E-state index in [0.717, 1.165) is 21.9 Å². The minimum Gasteiger partial charge on any atom is -0.289 e. The fourth-order valence-corrected chi connectivity index (χ4v) is 2.20. The standard InChI is InChI=1S/C18H13O/c19-18(13-12-14-6-1-2-7-14)17-11-5-9-15-8-3-4-10-16(15)17/h1-13H/b13-12+. The lowest BCUT2D eigenvalue weighted by Crippen LogP contribution is -1.95. The van der Waals surface area contributed by atoms with E-state index in [9.17, 15) is 4.79 Å². The van der Waals surface area contributed by atoms with Gasteiger partial charge in [0.1, 0.15) is 0 Å². The number of carbonyl (C=O) groups excluding carboxylic acids is 1. The Balaban J connectivity index is 1.93. The van der Waals surface area contributed by atoms with Crippen molar-refractivity contribution in [3.8, 4) is 0 Å². The van der Waals surface area contributed by atoms with Crippen molar-refractivity contribution in [1.82, 2.24) is 0 Å². The van der Waals surface area contributed by atoms with Crippen LogP contribution in [0.3, 0.4) is 0 Å². The second-order valence-electron chi connectivity index (χ2n) is 4.44. The Hall–Kier alpha value is -2.41. The highest BCUT2D eigenvalue weighted by Crippen LogP contribution is 2.19. The van der Waals surface area contributed by atoms with E-state index in [-0.39, 0.29) is 5.78 Å². The molecule has 19 heavy (non-hydrogen) atoms. The van der Waals surface area contributed by atoms with Gasteiger partial charge in [-0.15, -0.1) is 0 Å². The van der Waals surface area contributed by atoms with E-state index in [4.69, 9.17) is 0 Å². The molecule has 0 spiro atoms. The largest absolute Gasteiger partial charge is 0.289 e. The molecule has 0 saturated heterocycles. The van der Waals surface area contributed by atoms with Gasteiger partial charge in [-0.1, -0.05) is 66.8 Å². The summed E-state index contributed by atoms with van der Waals surface area (Å²) in [5.74, 6) is 0.0398. The Labute approximate surface area is 112 Å². The highest BCUT2D eigenvalue weighted by atomic mass is 16.1. The van der Waals surface area contributed by atoms with Gasteiger partial charge in [-0.05, 0) is 22.4 Å². The van der Waals surface area contributed by atoms with Crippen molar-refractivity contribution in [1.29, 1.82) is 0 Å². The van der Waals surface area contributed by atoms with Crippen LogP contribution in [0.25, 0.3) is 10.8 Å². The second-order valence-corrected chi connectivity index (χ2v) is 4.44. The van der Waals surface area contributed by atoms with E-state index in [2.05, 4.69) is 0 Å². The lowest BCUT2D eigenvalue weighted by molar-refractivity contribution is 0.104. The van der Waals surface area contributed by atoms with E-state index in [1.54, 1.807) is 6.08 Å². The molecule has 0 heterocycles. The van der Waals surface area contributed by atoms with Gasteiger partial charge in [0.15, 0.2) is 5.78 Å². The summed E-state index contributed by atoms with van der Waals surface area (Å²) < 4.78 is 0. The van der Waals surface area contributed by atoms with Gasteiger partial charge in [0.05, 0.1) is 0 Å². The van der Waals surface area contributed by atoms with E-state index in [1.807, 2.05) is 73.2 Å². The maximum Gasteiger partial charge on any atom is 0.186 e. The van der Waals surface area contributed by atoms with Gasteiger partial charge in [-0.2, -0.15) is 0 Å². The Bertz CT molecular complexity index is 712. The molecule has 1 nitrogen and oxygen atoms in total. The molecule has 0 amide bonds. The van der Waals surface area contributed by atoms with Crippen LogP contribution in [0.4, 0.5) is 0 Å². The Morgan fingerprint density at radius 3 is 2.63 bits per heavy atom. The van der Waals surface area contributed by atoms with E-state index < -0.39 is 0 Å². The van der Waals surface area contributed by atoms with Crippen molar-refractivity contribution < 1.29 is 4.79 Å². The normalized spacial score (nSPS) is 14.2. The van der Waals surface area contributed by atoms with Gasteiger partial charge in [0.2, 0.25) is 0 Å². The molecule has 0 aromatic heterocycles. The number of benzene rings is 2. The highest BCUT2D eigenvalue weighted by molar-refractivity contribution is 6.13. The van der Waals surface area contributed by atoms with Crippen LogP contribution in [-0.4, -0.2) is 5.78 Å². The third-order valence-corrected chi connectivity index (χ3v) is 3.17. The topological polar surface area (TPSA) is 17.1 Å². The van der Waals surface area contributed by atoms with Crippen LogP contribution in [0, 0.1) is 6.42 Å². The molecule has 0 fully saturated rings. The molecule has 2 aromatic rings. The van der Waals surface area contributed by atoms with Gasteiger partial charge in [0.25, 0.3) is 0 Å². The minimum atomic E-state index is 0.0398. The summed E-state index contributed by atoms with van der Waals surface area (Å²) in [6.07, 6.45) is 11.4. The average molecular weight is 245 g/mol. The predicted octanol–water partition coefficient (Wildman–Crippen LogP) is 4.28. The molecule has 0 saturated carbocycles. The van der Waals surface area contributed by atoms with Crippen molar-refractivity contribution in [2.24, 2.45) is 0 Å². The smallest absolute Gasteiger partial charge is 0.186 e. The first-order valence-corrected chi connectivity index (χ1v) is 6.26. The van der Waals surface area contributed by atoms with Gasteiger partial charge in [-0.3, -0.25) is 4.79 Å². The van der Waals surface area contributed by atoms with Gasteiger partial charge >= 0.3 is 0 Å². The molecule has 1 radical (unpaired) electrons. The minimum absolute atomic E-state index is 0.0398. The third-order valence-electron chi connectivity index (χ3n) is 3.17. The molecule has 0 N–H and O–H groups in total. The lowest BCUT2D eigenvalue weighted by atomic mass is 10.0. The summed E-state index contributed by atoms with van der Waals surface area (Å²) in [4.78, 5) is 12.3. The zero-order valence-electron chi connectivity index (χ0n) is 10.4. The maximum absolute atomic E-state index is 12.3. The van der Waals surface area contributed by atoms with Crippen molar-refractivity contribution in [2.75, 3.05) is 0 Å². The van der Waals surface area contributed by atoms with Crippen LogP contribution >= 0.6 is 0 Å². The molecule has 1 aliphatic rings. The summed E-state index contributed by atoms with van der Waals surface area (Å²) in [6.45, 7) is 0. The molecule has 2 aromatic carbocycles. The zero-order chi connectivity index (χ0) is 13.1. The molecular formula is C18H13O. The zero-order valence-corrected chi connectivity index (χ0v) is 10.4. The van der Waals surface area contributed by atoms with Crippen LogP contribution < -0.4 is 0 Å². The molecule has 91 valence electrons. The van der Waals surface area contributed by atoms with E-state index in [0.29, 0.717) is 0 Å². The average Bonchev–Trinajstić information content (AvgIpc) is 2.97. The molecule has 0 unspecified atom stereocenters. The van der Waals surface area contributed by atoms with Crippen molar-refractivity contribution >= 4 is 16.6 Å². The number of fused-ring (bicyclic) bond motifs is 1. The molecule has 3 rings (SSSR count). The molecule has 1 heteroatoms. The highest BCUT2D eigenvalue weighted by Gasteiger charge is 2.06. The Kier molecular flexibility index (Phi) is 3.11. The fraction of sp³-hybridized carbons (Fsp3) is 0. The van der Waals surface area contributed by atoms with Crippen LogP contribution in [0.5, 0.6) is 0 Å². The van der Waals surface area contributed by atoms with Crippen LogP contribution in [0.15, 0.2) is 78.4 Å². The number of allylic oxidation sites excluding steroid dienone is 6. The third kappa shape index (κ3) is 2.41. The molecule has 1 aliphatic carbocycles. The van der Waals surface area contributed by atoms with E-state index >= 15 is 0 Å². The fourth-order valence-electron chi connectivity index (χ4n) is 2.20. The van der Waals surface area contributed by atoms with Gasteiger partial charge in [-0.25, -0.2) is 0 Å². The van der Waals surface area contributed by atoms with Crippen LogP contribution in [0.1, 0.15) is 10.4 Å². The number of carbonyl (C=O) groups is 1.